The Morgan fingerprint density at radius 3 is 2.68 bits per heavy atom. The molecule has 0 radical (unpaired) electrons. The van der Waals surface area contributed by atoms with Gasteiger partial charge in [0, 0.05) is 11.2 Å². The third-order valence-electron chi connectivity index (χ3n) is 3.57. The average molecular weight is 357 g/mol. The first-order valence-electron chi connectivity index (χ1n) is 8.08. The minimum atomic E-state index is 0.473. The molecule has 0 saturated carbocycles. The lowest BCUT2D eigenvalue weighted by molar-refractivity contribution is 0.273. The molecule has 5 heteroatoms. The maximum Gasteiger partial charge on any atom is 0.161 e. The van der Waals surface area contributed by atoms with Gasteiger partial charge in [-0.25, -0.2) is 0 Å². The van der Waals surface area contributed by atoms with Crippen LogP contribution in [0.1, 0.15) is 31.4 Å². The van der Waals surface area contributed by atoms with Crippen LogP contribution in [0, 0.1) is 17.2 Å². The van der Waals surface area contributed by atoms with E-state index in [1.807, 2.05) is 18.2 Å². The van der Waals surface area contributed by atoms with Crippen LogP contribution in [0.5, 0.6) is 11.5 Å². The van der Waals surface area contributed by atoms with E-state index in [1.165, 1.54) is 0 Å². The average Bonchev–Trinajstić information content (AvgIpc) is 2.60. The number of nitrogens with zero attached hydrogens (tertiary/aromatic N) is 2. The van der Waals surface area contributed by atoms with Crippen molar-refractivity contribution in [1.29, 1.82) is 5.26 Å². The highest BCUT2D eigenvalue weighted by molar-refractivity contribution is 6.30. The minimum Gasteiger partial charge on any atom is -0.493 e. The maximum atomic E-state index is 9.14. The number of methoxy groups -OCH3 is 1. The third-order valence-corrected chi connectivity index (χ3v) is 3.81. The van der Waals surface area contributed by atoms with Gasteiger partial charge < -0.3 is 9.47 Å². The zero-order valence-corrected chi connectivity index (χ0v) is 15.4. The molecule has 0 heterocycles. The van der Waals surface area contributed by atoms with Crippen LogP contribution in [0.3, 0.4) is 0 Å². The topological polar surface area (TPSA) is 54.6 Å². The van der Waals surface area contributed by atoms with Crippen molar-refractivity contribution < 1.29 is 9.47 Å². The highest BCUT2D eigenvalue weighted by atomic mass is 35.5. The Hall–Kier alpha value is -2.51. The van der Waals surface area contributed by atoms with E-state index in [0.29, 0.717) is 40.3 Å². The second-order valence-electron chi connectivity index (χ2n) is 5.97. The molecular weight excluding hydrogens is 336 g/mol. The van der Waals surface area contributed by atoms with Crippen LogP contribution in [-0.4, -0.2) is 19.9 Å². The standard InChI is InChI=1S/C20H21ClN2O2/c1-14(2)8-9-25-19-7-4-15(10-20(19)24-3)13-23-18-11-17(21)6-5-16(18)12-22/h4-7,10-11,13-14H,8-9H2,1-3H3. The monoisotopic (exact) mass is 356 g/mol. The van der Waals surface area contributed by atoms with Crippen molar-refractivity contribution in [3.63, 3.8) is 0 Å². The first-order valence-corrected chi connectivity index (χ1v) is 8.46. The van der Waals surface area contributed by atoms with Crippen molar-refractivity contribution in [3.05, 3.63) is 52.5 Å². The number of benzene rings is 2. The molecule has 0 fully saturated rings. The molecule has 0 saturated heterocycles. The number of aliphatic imine (C=N–C) groups is 1. The summed E-state index contributed by atoms with van der Waals surface area (Å²) >= 11 is 5.97. The van der Waals surface area contributed by atoms with Gasteiger partial charge in [0.15, 0.2) is 11.5 Å². The number of hydrogen-bond acceptors (Lipinski definition) is 4. The Bertz CT molecular complexity index is 795. The van der Waals surface area contributed by atoms with Gasteiger partial charge in [-0.15, -0.1) is 0 Å². The molecule has 4 nitrogen and oxygen atoms in total. The molecule has 2 aromatic rings. The zero-order valence-electron chi connectivity index (χ0n) is 14.6. The summed E-state index contributed by atoms with van der Waals surface area (Å²) in [5.41, 5.74) is 1.85. The van der Waals surface area contributed by atoms with Gasteiger partial charge in [0.2, 0.25) is 0 Å². The van der Waals surface area contributed by atoms with Gasteiger partial charge in [-0.05, 0) is 54.3 Å². The molecule has 0 aliphatic rings. The molecule has 0 bridgehead atoms. The Labute approximate surface area is 153 Å². The second-order valence-corrected chi connectivity index (χ2v) is 6.41. The van der Waals surface area contributed by atoms with Gasteiger partial charge >= 0.3 is 0 Å². The zero-order chi connectivity index (χ0) is 18.2. The molecule has 130 valence electrons. The van der Waals surface area contributed by atoms with E-state index in [9.17, 15) is 0 Å². The quantitative estimate of drug-likeness (QED) is 0.624. The van der Waals surface area contributed by atoms with Gasteiger partial charge in [-0.1, -0.05) is 25.4 Å². The van der Waals surface area contributed by atoms with Crippen LogP contribution >= 0.6 is 11.6 Å². The molecule has 0 spiro atoms. The Morgan fingerprint density at radius 1 is 1.20 bits per heavy atom. The van der Waals surface area contributed by atoms with Crippen LogP contribution in [0.15, 0.2) is 41.4 Å². The Balaban J connectivity index is 2.18. The number of ether oxygens (including phenoxy) is 2. The largest absolute Gasteiger partial charge is 0.493 e. The van der Waals surface area contributed by atoms with Gasteiger partial charge in [0.25, 0.3) is 0 Å². The van der Waals surface area contributed by atoms with Crippen LogP contribution in [0.2, 0.25) is 5.02 Å². The van der Waals surface area contributed by atoms with Gasteiger partial charge in [0.1, 0.15) is 6.07 Å². The normalized spacial score (nSPS) is 10.9. The van der Waals surface area contributed by atoms with Crippen molar-refractivity contribution in [2.45, 2.75) is 20.3 Å². The predicted molar refractivity (Wildman–Crippen MR) is 101 cm³/mol. The molecule has 0 aromatic heterocycles. The highest BCUT2D eigenvalue weighted by Gasteiger charge is 2.06. The van der Waals surface area contributed by atoms with Crippen LogP contribution in [-0.2, 0) is 0 Å². The molecule has 0 N–H and O–H groups in total. The molecular formula is C20H21ClN2O2. The minimum absolute atomic E-state index is 0.473. The number of halogens is 1. The second kappa shape index (κ2) is 9.10. The van der Waals surface area contributed by atoms with Crippen molar-refractivity contribution in [3.8, 4) is 17.6 Å². The van der Waals surface area contributed by atoms with Gasteiger partial charge in [-0.3, -0.25) is 4.99 Å². The first kappa shape index (κ1) is 18.8. The van der Waals surface area contributed by atoms with Gasteiger partial charge in [-0.2, -0.15) is 5.26 Å². The fourth-order valence-corrected chi connectivity index (χ4v) is 2.30. The van der Waals surface area contributed by atoms with Crippen molar-refractivity contribution in [1.82, 2.24) is 0 Å². The van der Waals surface area contributed by atoms with E-state index >= 15 is 0 Å². The summed E-state index contributed by atoms with van der Waals surface area (Å²) in [6.45, 7) is 4.96. The molecule has 0 atom stereocenters. The Kier molecular flexibility index (Phi) is 6.85. The molecule has 0 aliphatic carbocycles. The van der Waals surface area contributed by atoms with E-state index in [-0.39, 0.29) is 0 Å². The molecule has 2 rings (SSSR count). The number of hydrogen-bond donors (Lipinski definition) is 0. The molecule has 25 heavy (non-hydrogen) atoms. The summed E-state index contributed by atoms with van der Waals surface area (Å²) in [4.78, 5) is 4.37. The fraction of sp³-hybridized carbons (Fsp3) is 0.300. The van der Waals surface area contributed by atoms with Crippen molar-refractivity contribution >= 4 is 23.5 Å². The molecule has 2 aromatic carbocycles. The Morgan fingerprint density at radius 2 is 2.00 bits per heavy atom. The van der Waals surface area contributed by atoms with Crippen LogP contribution in [0.4, 0.5) is 5.69 Å². The van der Waals surface area contributed by atoms with E-state index < -0.39 is 0 Å². The number of nitriles is 1. The molecule has 0 amide bonds. The maximum absolute atomic E-state index is 9.14. The van der Waals surface area contributed by atoms with Crippen LogP contribution in [0.25, 0.3) is 0 Å². The van der Waals surface area contributed by atoms with Crippen molar-refractivity contribution in [2.24, 2.45) is 10.9 Å². The summed E-state index contributed by atoms with van der Waals surface area (Å²) in [5.74, 6) is 1.95. The lowest BCUT2D eigenvalue weighted by atomic mass is 10.1. The predicted octanol–water partition coefficient (Wildman–Crippen LogP) is 5.40. The van der Waals surface area contributed by atoms with Gasteiger partial charge in [0.05, 0.1) is 25.0 Å². The lowest BCUT2D eigenvalue weighted by Gasteiger charge is -2.12. The van der Waals surface area contributed by atoms with E-state index in [2.05, 4.69) is 24.9 Å². The lowest BCUT2D eigenvalue weighted by Crippen LogP contribution is -2.03. The highest BCUT2D eigenvalue weighted by Crippen LogP contribution is 2.29. The first-order chi connectivity index (χ1) is 12.0. The number of rotatable bonds is 7. The summed E-state index contributed by atoms with van der Waals surface area (Å²) < 4.78 is 11.2. The third kappa shape index (κ3) is 5.51. The fourth-order valence-electron chi connectivity index (χ4n) is 2.14. The molecule has 0 unspecified atom stereocenters. The summed E-state index contributed by atoms with van der Waals surface area (Å²) in [7, 11) is 1.61. The molecule has 0 aliphatic heterocycles. The van der Waals surface area contributed by atoms with Crippen LogP contribution < -0.4 is 9.47 Å². The van der Waals surface area contributed by atoms with E-state index in [4.69, 9.17) is 26.3 Å². The SMILES string of the molecule is COc1cc(C=Nc2cc(Cl)ccc2C#N)ccc1OCCC(C)C. The van der Waals surface area contributed by atoms with E-state index in [1.54, 1.807) is 31.5 Å². The van der Waals surface area contributed by atoms with E-state index in [0.717, 1.165) is 12.0 Å². The summed E-state index contributed by atoms with van der Waals surface area (Å²) in [6.07, 6.45) is 2.66. The smallest absolute Gasteiger partial charge is 0.161 e. The summed E-state index contributed by atoms with van der Waals surface area (Å²) in [5, 5.41) is 9.68. The summed E-state index contributed by atoms with van der Waals surface area (Å²) in [6, 6.07) is 12.7. The van der Waals surface area contributed by atoms with Crippen molar-refractivity contribution in [2.75, 3.05) is 13.7 Å².